The summed E-state index contributed by atoms with van der Waals surface area (Å²) < 4.78 is 0. The number of hydrogen-bond donors (Lipinski definition) is 3. The maximum atomic E-state index is 11.8. The van der Waals surface area contributed by atoms with E-state index in [1.54, 1.807) is 6.07 Å². The van der Waals surface area contributed by atoms with Gasteiger partial charge in [0.05, 0.1) is 10.6 Å². The van der Waals surface area contributed by atoms with Gasteiger partial charge < -0.3 is 16.4 Å². The van der Waals surface area contributed by atoms with E-state index >= 15 is 0 Å². The van der Waals surface area contributed by atoms with Crippen molar-refractivity contribution in [2.75, 3.05) is 29.1 Å². The first kappa shape index (κ1) is 16.3. The number of carbonyl (C=O) groups excluding carboxylic acids is 2. The molecule has 8 heteroatoms. The third-order valence-electron chi connectivity index (χ3n) is 2.87. The monoisotopic (exact) mass is 345 g/mol. The Balaban J connectivity index is 1.84. The zero-order valence-corrected chi connectivity index (χ0v) is 13.6. The minimum absolute atomic E-state index is 0.222. The topological polar surface area (TPSA) is 84.2 Å². The van der Waals surface area contributed by atoms with Crippen molar-refractivity contribution < 1.29 is 9.59 Å². The van der Waals surface area contributed by atoms with Crippen molar-refractivity contribution in [3.8, 4) is 0 Å². The first-order valence-electron chi connectivity index (χ1n) is 6.40. The molecule has 1 heterocycles. The molecule has 5 nitrogen and oxygen atoms in total. The van der Waals surface area contributed by atoms with Crippen molar-refractivity contribution >= 4 is 52.8 Å². The van der Waals surface area contributed by atoms with Gasteiger partial charge in [0.2, 0.25) is 5.91 Å². The van der Waals surface area contributed by atoms with E-state index in [4.69, 9.17) is 17.3 Å². The van der Waals surface area contributed by atoms with Crippen LogP contribution >= 0.6 is 35.1 Å². The van der Waals surface area contributed by atoms with Crippen LogP contribution in [0.3, 0.4) is 0 Å². The number of urea groups is 1. The average Bonchev–Trinajstić information content (AvgIpc) is 2.46. The summed E-state index contributed by atoms with van der Waals surface area (Å²) in [6.07, 6.45) is 0. The molecule has 4 N–H and O–H groups in total. The molecular formula is C13H16ClN3O2S2. The lowest BCUT2D eigenvalue weighted by Crippen LogP contribution is -2.36. The van der Waals surface area contributed by atoms with Crippen LogP contribution in [-0.4, -0.2) is 41.0 Å². The van der Waals surface area contributed by atoms with Crippen molar-refractivity contribution in [1.82, 2.24) is 5.32 Å². The Morgan fingerprint density at radius 1 is 1.38 bits per heavy atom. The van der Waals surface area contributed by atoms with Gasteiger partial charge >= 0.3 is 6.03 Å². The van der Waals surface area contributed by atoms with Gasteiger partial charge in [-0.25, -0.2) is 4.79 Å². The van der Waals surface area contributed by atoms with Crippen LogP contribution in [-0.2, 0) is 0 Å². The molecule has 0 radical (unpaired) electrons. The molecule has 21 heavy (non-hydrogen) atoms. The molecule has 1 aliphatic rings. The highest BCUT2D eigenvalue weighted by atomic mass is 35.5. The lowest BCUT2D eigenvalue weighted by molar-refractivity contribution is 0.100. The number of nitrogens with two attached hydrogens (primary N) is 1. The van der Waals surface area contributed by atoms with Crippen molar-refractivity contribution in [2.45, 2.75) is 5.25 Å². The Morgan fingerprint density at radius 2 is 2.19 bits per heavy atom. The van der Waals surface area contributed by atoms with E-state index in [0.717, 1.165) is 11.5 Å². The average molecular weight is 346 g/mol. The minimum atomic E-state index is -0.595. The molecule has 1 unspecified atom stereocenters. The Bertz CT molecular complexity index is 536. The number of thioether (sulfide) groups is 2. The van der Waals surface area contributed by atoms with Crippen LogP contribution in [0.1, 0.15) is 10.4 Å². The maximum Gasteiger partial charge on any atom is 0.319 e. The van der Waals surface area contributed by atoms with Gasteiger partial charge in [0.15, 0.2) is 0 Å². The predicted octanol–water partition coefficient (Wildman–Crippen LogP) is 2.41. The standard InChI is InChI=1S/C13H16ClN3O2S2/c14-11-5-8(1-2-10(11)12(15)18)17-13(19)16-6-9-7-20-3-4-21-9/h1-2,5,9H,3-4,6-7H2,(H2,15,18)(H2,16,17,19). The first-order valence-corrected chi connectivity index (χ1v) is 8.98. The second-order valence-corrected chi connectivity index (χ2v) is 7.43. The number of anilines is 1. The molecule has 114 valence electrons. The Morgan fingerprint density at radius 3 is 2.81 bits per heavy atom. The fourth-order valence-corrected chi connectivity index (χ4v) is 4.71. The van der Waals surface area contributed by atoms with Gasteiger partial charge in [-0.1, -0.05) is 11.6 Å². The third kappa shape index (κ3) is 5.01. The number of primary amides is 1. The molecule has 1 atom stereocenters. The Hall–Kier alpha value is -1.05. The van der Waals surface area contributed by atoms with E-state index in [-0.39, 0.29) is 16.6 Å². The van der Waals surface area contributed by atoms with Crippen LogP contribution in [0, 0.1) is 0 Å². The molecule has 2 rings (SSSR count). The zero-order chi connectivity index (χ0) is 15.2. The summed E-state index contributed by atoms with van der Waals surface area (Å²) in [5.41, 5.74) is 5.92. The highest BCUT2D eigenvalue weighted by Crippen LogP contribution is 2.23. The Labute approximate surface area is 136 Å². The minimum Gasteiger partial charge on any atom is -0.366 e. The number of nitrogens with one attached hydrogen (secondary N) is 2. The van der Waals surface area contributed by atoms with E-state index in [1.807, 2.05) is 23.5 Å². The number of hydrogen-bond acceptors (Lipinski definition) is 4. The number of amides is 3. The zero-order valence-electron chi connectivity index (χ0n) is 11.2. The molecule has 0 aromatic heterocycles. The number of halogens is 1. The highest BCUT2D eigenvalue weighted by molar-refractivity contribution is 8.06. The number of rotatable bonds is 4. The quantitative estimate of drug-likeness (QED) is 0.782. The van der Waals surface area contributed by atoms with Crippen molar-refractivity contribution in [3.63, 3.8) is 0 Å². The molecule has 1 aromatic rings. The SMILES string of the molecule is NC(=O)c1ccc(NC(=O)NCC2CSCCS2)cc1Cl. The molecule has 0 bridgehead atoms. The molecule has 0 spiro atoms. The summed E-state index contributed by atoms with van der Waals surface area (Å²) in [4.78, 5) is 22.9. The molecule has 1 aliphatic heterocycles. The molecule has 1 saturated heterocycles. The molecule has 1 aromatic carbocycles. The van der Waals surface area contributed by atoms with Gasteiger partial charge in [-0.2, -0.15) is 23.5 Å². The fraction of sp³-hybridized carbons (Fsp3) is 0.385. The summed E-state index contributed by atoms with van der Waals surface area (Å²) in [5, 5.41) is 6.20. The smallest absolute Gasteiger partial charge is 0.319 e. The van der Waals surface area contributed by atoms with E-state index < -0.39 is 5.91 Å². The van der Waals surface area contributed by atoms with Crippen LogP contribution in [0.2, 0.25) is 5.02 Å². The summed E-state index contributed by atoms with van der Waals surface area (Å²) >= 11 is 9.72. The van der Waals surface area contributed by atoms with Crippen molar-refractivity contribution in [1.29, 1.82) is 0 Å². The lowest BCUT2D eigenvalue weighted by Gasteiger charge is -2.21. The summed E-state index contributed by atoms with van der Waals surface area (Å²) in [6.45, 7) is 0.636. The largest absolute Gasteiger partial charge is 0.366 e. The van der Waals surface area contributed by atoms with Gasteiger partial charge in [0.25, 0.3) is 0 Å². The molecule has 0 aliphatic carbocycles. The van der Waals surface area contributed by atoms with Crippen LogP contribution in [0.4, 0.5) is 10.5 Å². The highest BCUT2D eigenvalue weighted by Gasteiger charge is 2.15. The lowest BCUT2D eigenvalue weighted by atomic mass is 10.2. The normalized spacial score (nSPS) is 18.0. The second-order valence-electron chi connectivity index (χ2n) is 4.46. The van der Waals surface area contributed by atoms with E-state index in [1.165, 1.54) is 17.9 Å². The van der Waals surface area contributed by atoms with Crippen LogP contribution in [0.5, 0.6) is 0 Å². The van der Waals surface area contributed by atoms with Crippen molar-refractivity contribution in [3.05, 3.63) is 28.8 Å². The molecule has 3 amide bonds. The predicted molar refractivity (Wildman–Crippen MR) is 90.6 cm³/mol. The fourth-order valence-electron chi connectivity index (χ4n) is 1.83. The molecule has 0 saturated carbocycles. The van der Waals surface area contributed by atoms with E-state index in [0.29, 0.717) is 17.5 Å². The van der Waals surface area contributed by atoms with Gasteiger partial charge in [-0.15, -0.1) is 0 Å². The summed E-state index contributed by atoms with van der Waals surface area (Å²) in [6, 6.07) is 4.31. The molecular weight excluding hydrogens is 330 g/mol. The van der Waals surface area contributed by atoms with E-state index in [2.05, 4.69) is 10.6 Å². The van der Waals surface area contributed by atoms with Gasteiger partial charge in [-0.05, 0) is 18.2 Å². The Kier molecular flexibility index (Phi) is 6.08. The van der Waals surface area contributed by atoms with Crippen LogP contribution in [0.15, 0.2) is 18.2 Å². The number of benzene rings is 1. The van der Waals surface area contributed by atoms with Gasteiger partial charge in [-0.3, -0.25) is 4.79 Å². The summed E-state index contributed by atoms with van der Waals surface area (Å²) in [7, 11) is 0. The van der Waals surface area contributed by atoms with Gasteiger partial charge in [0, 0.05) is 34.7 Å². The molecule has 1 fully saturated rings. The number of carbonyl (C=O) groups is 2. The third-order valence-corrected chi connectivity index (χ3v) is 6.03. The van der Waals surface area contributed by atoms with Crippen LogP contribution < -0.4 is 16.4 Å². The maximum absolute atomic E-state index is 11.8. The second kappa shape index (κ2) is 7.82. The van der Waals surface area contributed by atoms with Crippen molar-refractivity contribution in [2.24, 2.45) is 5.73 Å². The van der Waals surface area contributed by atoms with Crippen LogP contribution in [0.25, 0.3) is 0 Å². The first-order chi connectivity index (χ1) is 10.1. The van der Waals surface area contributed by atoms with E-state index in [9.17, 15) is 9.59 Å². The van der Waals surface area contributed by atoms with Gasteiger partial charge in [0.1, 0.15) is 0 Å². The summed E-state index contributed by atoms with van der Waals surface area (Å²) in [5.74, 6) is 2.77.